The van der Waals surface area contributed by atoms with Gasteiger partial charge >= 0.3 is 0 Å². The zero-order valence-corrected chi connectivity index (χ0v) is 10.2. The second kappa shape index (κ2) is 6.51. The number of piperidine rings is 1. The first-order chi connectivity index (χ1) is 7.69. The van der Waals surface area contributed by atoms with Crippen LogP contribution in [0.3, 0.4) is 0 Å². The molecule has 0 aromatic heterocycles. The van der Waals surface area contributed by atoms with Crippen LogP contribution in [-0.4, -0.2) is 36.9 Å². The molecule has 16 heavy (non-hydrogen) atoms. The van der Waals surface area contributed by atoms with Crippen molar-refractivity contribution in [2.24, 2.45) is 11.8 Å². The van der Waals surface area contributed by atoms with Gasteiger partial charge in [0.15, 0.2) is 0 Å². The van der Waals surface area contributed by atoms with Crippen LogP contribution in [0.4, 0.5) is 0 Å². The van der Waals surface area contributed by atoms with Crippen molar-refractivity contribution in [1.82, 2.24) is 10.2 Å². The third-order valence-corrected chi connectivity index (χ3v) is 3.26. The molecule has 1 heterocycles. The first kappa shape index (κ1) is 13.0. The Hall–Kier alpha value is -1.06. The highest BCUT2D eigenvalue weighted by atomic mass is 16.2. The lowest BCUT2D eigenvalue weighted by atomic mass is 9.97. The van der Waals surface area contributed by atoms with Crippen LogP contribution < -0.4 is 5.32 Å². The third-order valence-electron chi connectivity index (χ3n) is 3.26. The van der Waals surface area contributed by atoms with Crippen LogP contribution in [0.25, 0.3) is 0 Å². The van der Waals surface area contributed by atoms with Crippen molar-refractivity contribution in [3.63, 3.8) is 0 Å². The molecule has 2 atom stereocenters. The minimum Gasteiger partial charge on any atom is -0.358 e. The molecular formula is C12H22N2O2. The predicted molar refractivity (Wildman–Crippen MR) is 62.8 cm³/mol. The van der Waals surface area contributed by atoms with Gasteiger partial charge in [0.1, 0.15) is 0 Å². The lowest BCUT2D eigenvalue weighted by Crippen LogP contribution is -2.44. The number of likely N-dealkylation sites (tertiary alicyclic amines) is 1. The van der Waals surface area contributed by atoms with Gasteiger partial charge in [0.05, 0.1) is 5.92 Å². The lowest BCUT2D eigenvalue weighted by molar-refractivity contribution is -0.137. The Morgan fingerprint density at radius 3 is 2.94 bits per heavy atom. The van der Waals surface area contributed by atoms with Crippen LogP contribution in [0.15, 0.2) is 0 Å². The number of carbonyl (C=O) groups is 2. The van der Waals surface area contributed by atoms with Gasteiger partial charge in [0.25, 0.3) is 0 Å². The van der Waals surface area contributed by atoms with Crippen molar-refractivity contribution in [3.8, 4) is 0 Å². The van der Waals surface area contributed by atoms with Crippen molar-refractivity contribution < 1.29 is 9.59 Å². The summed E-state index contributed by atoms with van der Waals surface area (Å²) < 4.78 is 0. The number of nitrogens with one attached hydrogen (secondary N) is 1. The Labute approximate surface area is 97.4 Å². The topological polar surface area (TPSA) is 49.4 Å². The van der Waals surface area contributed by atoms with E-state index >= 15 is 0 Å². The smallest absolute Gasteiger partial charge is 0.227 e. The van der Waals surface area contributed by atoms with Gasteiger partial charge in [-0.3, -0.25) is 9.59 Å². The van der Waals surface area contributed by atoms with E-state index in [0.29, 0.717) is 18.9 Å². The molecule has 1 fully saturated rings. The van der Waals surface area contributed by atoms with E-state index in [-0.39, 0.29) is 11.8 Å². The Morgan fingerprint density at radius 1 is 1.62 bits per heavy atom. The highest BCUT2D eigenvalue weighted by Gasteiger charge is 2.26. The molecule has 0 aromatic carbocycles. The number of rotatable bonds is 5. The summed E-state index contributed by atoms with van der Waals surface area (Å²) in [5, 5.41) is 2.60. The quantitative estimate of drug-likeness (QED) is 0.711. The Morgan fingerprint density at radius 2 is 2.38 bits per heavy atom. The first-order valence-electron chi connectivity index (χ1n) is 6.14. The monoisotopic (exact) mass is 226 g/mol. The minimum absolute atomic E-state index is 0.0597. The van der Waals surface area contributed by atoms with E-state index in [1.807, 2.05) is 11.8 Å². The van der Waals surface area contributed by atoms with Gasteiger partial charge in [0.2, 0.25) is 12.3 Å². The maximum atomic E-state index is 12.2. The number of carbonyl (C=O) groups excluding carboxylic acids is 2. The third kappa shape index (κ3) is 3.51. The fraction of sp³-hybridized carbons (Fsp3) is 0.833. The number of hydrogen-bond donors (Lipinski definition) is 1. The van der Waals surface area contributed by atoms with E-state index in [1.54, 1.807) is 0 Å². The van der Waals surface area contributed by atoms with Gasteiger partial charge in [-0.15, -0.1) is 0 Å². The molecule has 1 aliphatic heterocycles. The molecule has 0 spiro atoms. The fourth-order valence-electron chi connectivity index (χ4n) is 2.24. The summed E-state index contributed by atoms with van der Waals surface area (Å²) in [4.78, 5) is 24.3. The second-order valence-electron chi connectivity index (χ2n) is 4.66. The van der Waals surface area contributed by atoms with Gasteiger partial charge in [0, 0.05) is 19.6 Å². The molecular weight excluding hydrogens is 204 g/mol. The van der Waals surface area contributed by atoms with Crippen molar-refractivity contribution in [1.29, 1.82) is 0 Å². The summed E-state index contributed by atoms with van der Waals surface area (Å²) in [5.41, 5.74) is 0. The maximum absolute atomic E-state index is 12.2. The van der Waals surface area contributed by atoms with Gasteiger partial charge in [-0.2, -0.15) is 0 Å². The zero-order chi connectivity index (χ0) is 12.0. The number of amides is 2. The maximum Gasteiger partial charge on any atom is 0.227 e. The molecule has 0 aromatic rings. The fourth-order valence-corrected chi connectivity index (χ4v) is 2.24. The van der Waals surface area contributed by atoms with Crippen molar-refractivity contribution >= 4 is 12.3 Å². The molecule has 4 heteroatoms. The molecule has 0 aliphatic carbocycles. The molecule has 1 N–H and O–H groups in total. The SMILES string of the molecule is CCC(CNC=O)C(=O)N1CCCC(C)C1. The highest BCUT2D eigenvalue weighted by molar-refractivity contribution is 5.79. The van der Waals surface area contributed by atoms with Crippen LogP contribution in [0.1, 0.15) is 33.1 Å². The molecule has 1 rings (SSSR count). The van der Waals surface area contributed by atoms with Gasteiger partial charge in [-0.25, -0.2) is 0 Å². The van der Waals surface area contributed by atoms with Gasteiger partial charge in [-0.1, -0.05) is 13.8 Å². The normalized spacial score (nSPS) is 22.6. The van der Waals surface area contributed by atoms with Gasteiger partial charge < -0.3 is 10.2 Å². The average molecular weight is 226 g/mol. The van der Waals surface area contributed by atoms with Crippen LogP contribution in [0.5, 0.6) is 0 Å². The van der Waals surface area contributed by atoms with Crippen LogP contribution >= 0.6 is 0 Å². The lowest BCUT2D eigenvalue weighted by Gasteiger charge is -2.33. The van der Waals surface area contributed by atoms with Crippen LogP contribution in [-0.2, 0) is 9.59 Å². The summed E-state index contributed by atoms with van der Waals surface area (Å²) in [6.45, 7) is 6.38. The Balaban J connectivity index is 2.49. The van der Waals surface area contributed by atoms with Crippen LogP contribution in [0.2, 0.25) is 0 Å². The molecule has 0 radical (unpaired) electrons. The molecule has 4 nitrogen and oxygen atoms in total. The van der Waals surface area contributed by atoms with E-state index in [0.717, 1.165) is 25.9 Å². The van der Waals surface area contributed by atoms with Crippen molar-refractivity contribution in [2.45, 2.75) is 33.1 Å². The highest BCUT2D eigenvalue weighted by Crippen LogP contribution is 2.18. The second-order valence-corrected chi connectivity index (χ2v) is 4.66. The largest absolute Gasteiger partial charge is 0.358 e. The molecule has 92 valence electrons. The standard InChI is InChI=1S/C12H22N2O2/c1-3-11(7-13-9-15)12(16)14-6-4-5-10(2)8-14/h9-11H,3-8H2,1-2H3,(H,13,15). The Kier molecular flexibility index (Phi) is 5.29. The minimum atomic E-state index is -0.0597. The van der Waals surface area contributed by atoms with E-state index < -0.39 is 0 Å². The zero-order valence-electron chi connectivity index (χ0n) is 10.2. The van der Waals surface area contributed by atoms with Crippen molar-refractivity contribution in [3.05, 3.63) is 0 Å². The van der Waals surface area contributed by atoms with Crippen LogP contribution in [0, 0.1) is 11.8 Å². The molecule has 1 aliphatic rings. The summed E-state index contributed by atoms with van der Waals surface area (Å²) >= 11 is 0. The predicted octanol–water partition coefficient (Wildman–Crippen LogP) is 1.02. The van der Waals surface area contributed by atoms with E-state index in [4.69, 9.17) is 0 Å². The molecule has 0 bridgehead atoms. The first-order valence-corrected chi connectivity index (χ1v) is 6.14. The van der Waals surface area contributed by atoms with E-state index in [2.05, 4.69) is 12.2 Å². The number of nitrogens with zero attached hydrogens (tertiary/aromatic N) is 1. The molecule has 1 saturated heterocycles. The molecule has 2 unspecified atom stereocenters. The molecule has 0 saturated carbocycles. The van der Waals surface area contributed by atoms with Gasteiger partial charge in [-0.05, 0) is 25.2 Å². The molecule has 2 amide bonds. The summed E-state index contributed by atoms with van der Waals surface area (Å²) in [5.74, 6) is 0.744. The summed E-state index contributed by atoms with van der Waals surface area (Å²) in [6, 6.07) is 0. The average Bonchev–Trinajstić information content (AvgIpc) is 2.29. The van der Waals surface area contributed by atoms with Crippen molar-refractivity contribution in [2.75, 3.05) is 19.6 Å². The summed E-state index contributed by atoms with van der Waals surface area (Å²) in [6.07, 6.45) is 3.76. The van der Waals surface area contributed by atoms with E-state index in [9.17, 15) is 9.59 Å². The number of hydrogen-bond acceptors (Lipinski definition) is 2. The summed E-state index contributed by atoms with van der Waals surface area (Å²) in [7, 11) is 0. The van der Waals surface area contributed by atoms with E-state index in [1.165, 1.54) is 6.42 Å². The Bertz CT molecular complexity index is 243.